The molecule has 2 fully saturated rings. The summed E-state index contributed by atoms with van der Waals surface area (Å²) in [5.41, 5.74) is 8.64. The summed E-state index contributed by atoms with van der Waals surface area (Å²) in [4.78, 5) is 2.46. The van der Waals surface area contributed by atoms with E-state index < -0.39 is 0 Å². The van der Waals surface area contributed by atoms with Crippen molar-refractivity contribution in [3.8, 4) is 0 Å². The van der Waals surface area contributed by atoms with E-state index in [2.05, 4.69) is 17.0 Å². The minimum atomic E-state index is -0.133. The van der Waals surface area contributed by atoms with Crippen molar-refractivity contribution >= 4 is 11.5 Å². The average molecular weight is 259 g/mol. The molecule has 102 valence electrons. The van der Waals surface area contributed by atoms with Gasteiger partial charge in [0.05, 0.1) is 6.10 Å². The molecule has 3 rings (SSSR count). The van der Waals surface area contributed by atoms with E-state index in [0.29, 0.717) is 12.1 Å². The fraction of sp³-hybridized carbons (Fsp3) is 0.533. The topological polar surface area (TPSA) is 73.3 Å². The smallest absolute Gasteiger partial charge is 0.123 e. The maximum Gasteiger partial charge on any atom is 0.123 e. The number of aliphatic hydroxyl groups is 1. The molecule has 0 aliphatic carbocycles. The third-order valence-electron chi connectivity index (χ3n) is 4.51. The number of nitrogens with two attached hydrogens (primary N) is 1. The van der Waals surface area contributed by atoms with Crippen molar-refractivity contribution < 1.29 is 5.11 Å². The van der Waals surface area contributed by atoms with Gasteiger partial charge in [-0.25, -0.2) is 0 Å². The molecule has 1 aromatic rings. The number of aryl methyl sites for hydroxylation is 1. The normalized spacial score (nSPS) is 29.6. The summed E-state index contributed by atoms with van der Waals surface area (Å²) in [6.07, 6.45) is 3.98. The van der Waals surface area contributed by atoms with E-state index in [9.17, 15) is 5.11 Å². The summed E-state index contributed by atoms with van der Waals surface area (Å²) in [6.45, 7) is 2.00. The van der Waals surface area contributed by atoms with Gasteiger partial charge in [-0.1, -0.05) is 0 Å². The molecule has 0 spiro atoms. The first-order valence-corrected chi connectivity index (χ1v) is 6.97. The van der Waals surface area contributed by atoms with Crippen molar-refractivity contribution in [3.05, 3.63) is 29.3 Å². The monoisotopic (exact) mass is 259 g/mol. The first kappa shape index (κ1) is 12.5. The van der Waals surface area contributed by atoms with Crippen molar-refractivity contribution in [3.63, 3.8) is 0 Å². The molecule has 0 amide bonds. The zero-order valence-corrected chi connectivity index (χ0v) is 11.3. The molecule has 1 aromatic carbocycles. The number of nitrogens with one attached hydrogen (secondary N) is 1. The molecule has 2 heterocycles. The van der Waals surface area contributed by atoms with Crippen LogP contribution in [-0.2, 0) is 0 Å². The largest absolute Gasteiger partial charge is 0.393 e. The summed E-state index contributed by atoms with van der Waals surface area (Å²) in [6, 6.07) is 7.07. The van der Waals surface area contributed by atoms with Crippen molar-refractivity contribution in [2.45, 2.75) is 50.8 Å². The predicted octanol–water partition coefficient (Wildman–Crippen LogP) is 1.77. The van der Waals surface area contributed by atoms with Crippen LogP contribution < -0.4 is 10.6 Å². The van der Waals surface area contributed by atoms with Crippen LogP contribution in [0.1, 0.15) is 36.8 Å². The molecule has 2 aliphatic rings. The Labute approximate surface area is 113 Å². The third kappa shape index (κ3) is 2.10. The van der Waals surface area contributed by atoms with Gasteiger partial charge in [-0.3, -0.25) is 5.41 Å². The minimum absolute atomic E-state index is 0.126. The van der Waals surface area contributed by atoms with Crippen LogP contribution in [0.25, 0.3) is 0 Å². The molecular weight excluding hydrogens is 238 g/mol. The first-order chi connectivity index (χ1) is 9.06. The lowest BCUT2D eigenvalue weighted by molar-refractivity contribution is 0.126. The van der Waals surface area contributed by atoms with Crippen LogP contribution in [0.2, 0.25) is 0 Å². The quantitative estimate of drug-likeness (QED) is 0.560. The molecule has 4 heteroatoms. The summed E-state index contributed by atoms with van der Waals surface area (Å²) in [7, 11) is 0. The number of benzene rings is 1. The average Bonchev–Trinajstić information content (AvgIpc) is 2.61. The molecule has 2 saturated heterocycles. The van der Waals surface area contributed by atoms with Crippen molar-refractivity contribution in [1.29, 1.82) is 5.41 Å². The third-order valence-corrected chi connectivity index (χ3v) is 4.51. The Hall–Kier alpha value is -1.55. The van der Waals surface area contributed by atoms with E-state index in [4.69, 9.17) is 11.1 Å². The van der Waals surface area contributed by atoms with Crippen LogP contribution in [0.3, 0.4) is 0 Å². The molecule has 2 atom stereocenters. The minimum Gasteiger partial charge on any atom is -0.393 e. The van der Waals surface area contributed by atoms with Gasteiger partial charge in [-0.05, 0) is 56.4 Å². The van der Waals surface area contributed by atoms with Gasteiger partial charge in [0.1, 0.15) is 5.84 Å². The molecule has 0 saturated carbocycles. The Morgan fingerprint density at radius 1 is 1.32 bits per heavy atom. The van der Waals surface area contributed by atoms with Gasteiger partial charge >= 0.3 is 0 Å². The number of nitrogen functional groups attached to an aromatic ring is 1. The van der Waals surface area contributed by atoms with Gasteiger partial charge in [0.2, 0.25) is 0 Å². The predicted molar refractivity (Wildman–Crippen MR) is 76.7 cm³/mol. The number of amidine groups is 1. The van der Waals surface area contributed by atoms with Crippen LogP contribution in [0.15, 0.2) is 18.2 Å². The van der Waals surface area contributed by atoms with E-state index in [1.165, 1.54) is 18.5 Å². The number of aliphatic hydroxyl groups excluding tert-OH is 1. The van der Waals surface area contributed by atoms with Gasteiger partial charge < -0.3 is 15.7 Å². The Morgan fingerprint density at radius 2 is 1.95 bits per heavy atom. The lowest BCUT2D eigenvalue weighted by Gasteiger charge is -2.39. The fourth-order valence-electron chi connectivity index (χ4n) is 3.68. The second-order valence-electron chi connectivity index (χ2n) is 5.83. The summed E-state index contributed by atoms with van der Waals surface area (Å²) < 4.78 is 0. The van der Waals surface area contributed by atoms with Crippen LogP contribution in [0, 0.1) is 12.3 Å². The molecule has 2 aliphatic heterocycles. The molecule has 0 radical (unpaired) electrons. The Balaban J connectivity index is 1.91. The lowest BCUT2D eigenvalue weighted by atomic mass is 9.98. The van der Waals surface area contributed by atoms with Crippen LogP contribution in [0.4, 0.5) is 5.69 Å². The summed E-state index contributed by atoms with van der Waals surface area (Å²) in [5.74, 6) is 0.126. The molecule has 4 nitrogen and oxygen atoms in total. The van der Waals surface area contributed by atoms with E-state index >= 15 is 0 Å². The Kier molecular flexibility index (Phi) is 2.97. The maximum absolute atomic E-state index is 9.85. The number of hydrogen-bond acceptors (Lipinski definition) is 3. The maximum atomic E-state index is 9.85. The van der Waals surface area contributed by atoms with E-state index in [1.54, 1.807) is 0 Å². The Bertz CT molecular complexity index is 500. The zero-order chi connectivity index (χ0) is 13.6. The SMILES string of the molecule is Cc1cc(N2C3CCC2CC(O)C3)ccc1C(=N)N. The molecule has 2 unspecified atom stereocenters. The number of rotatable bonds is 2. The van der Waals surface area contributed by atoms with Crippen molar-refractivity contribution in [1.82, 2.24) is 0 Å². The molecule has 0 aromatic heterocycles. The van der Waals surface area contributed by atoms with Crippen LogP contribution in [0.5, 0.6) is 0 Å². The number of anilines is 1. The Morgan fingerprint density at radius 3 is 2.47 bits per heavy atom. The number of nitrogens with zero attached hydrogens (tertiary/aromatic N) is 1. The second-order valence-corrected chi connectivity index (χ2v) is 5.83. The molecule has 2 bridgehead atoms. The highest BCUT2D eigenvalue weighted by Crippen LogP contribution is 2.39. The van der Waals surface area contributed by atoms with Gasteiger partial charge in [-0.2, -0.15) is 0 Å². The highest BCUT2D eigenvalue weighted by molar-refractivity contribution is 5.96. The number of piperidine rings is 1. The molecule has 19 heavy (non-hydrogen) atoms. The lowest BCUT2D eigenvalue weighted by Crippen LogP contribution is -2.44. The van der Waals surface area contributed by atoms with Gasteiger partial charge in [0, 0.05) is 23.3 Å². The van der Waals surface area contributed by atoms with Gasteiger partial charge in [-0.15, -0.1) is 0 Å². The summed E-state index contributed by atoms with van der Waals surface area (Å²) in [5, 5.41) is 17.4. The second kappa shape index (κ2) is 4.53. The van der Waals surface area contributed by atoms with Crippen LogP contribution >= 0.6 is 0 Å². The van der Waals surface area contributed by atoms with Gasteiger partial charge in [0.25, 0.3) is 0 Å². The standard InChI is InChI=1S/C15H21N3O/c1-9-6-10(4-5-14(9)15(16)17)18-11-2-3-12(18)8-13(19)7-11/h4-6,11-13,19H,2-3,7-8H2,1H3,(H3,16,17). The zero-order valence-electron chi connectivity index (χ0n) is 11.3. The van der Waals surface area contributed by atoms with Crippen molar-refractivity contribution in [2.24, 2.45) is 5.73 Å². The van der Waals surface area contributed by atoms with Crippen molar-refractivity contribution in [2.75, 3.05) is 4.90 Å². The first-order valence-electron chi connectivity index (χ1n) is 6.97. The summed E-state index contributed by atoms with van der Waals surface area (Å²) >= 11 is 0. The highest BCUT2D eigenvalue weighted by Gasteiger charge is 2.40. The highest BCUT2D eigenvalue weighted by atomic mass is 16.3. The fourth-order valence-corrected chi connectivity index (χ4v) is 3.68. The molecule has 4 N–H and O–H groups in total. The van der Waals surface area contributed by atoms with Crippen LogP contribution in [-0.4, -0.2) is 29.1 Å². The molecular formula is C15H21N3O. The number of fused-ring (bicyclic) bond motifs is 2. The van der Waals surface area contributed by atoms with E-state index in [0.717, 1.165) is 24.0 Å². The van der Waals surface area contributed by atoms with E-state index in [1.807, 2.05) is 13.0 Å². The van der Waals surface area contributed by atoms with Gasteiger partial charge in [0.15, 0.2) is 0 Å². The van der Waals surface area contributed by atoms with E-state index in [-0.39, 0.29) is 11.9 Å². The number of hydrogen-bond donors (Lipinski definition) is 3.